The molecule has 0 radical (unpaired) electrons. The topological polar surface area (TPSA) is 24.9 Å². The number of halogens is 3. The Morgan fingerprint density at radius 3 is 2.45 bits per heavy atom. The van der Waals surface area contributed by atoms with Crippen molar-refractivity contribution in [2.45, 2.75) is 23.9 Å². The molecule has 6 heteroatoms. The second-order valence-corrected chi connectivity index (χ2v) is 5.37. The number of rotatable bonds is 4. The molecule has 0 spiro atoms. The quantitative estimate of drug-likeness (QED) is 0.834. The van der Waals surface area contributed by atoms with E-state index in [1.165, 1.54) is 12.1 Å². The van der Waals surface area contributed by atoms with Crippen LogP contribution in [0.5, 0.6) is 0 Å². The number of alkyl halides is 3. The molecule has 0 fully saturated rings. The summed E-state index contributed by atoms with van der Waals surface area (Å²) >= 11 is -0.111. The maximum absolute atomic E-state index is 12.2. The third-order valence-corrected chi connectivity index (χ3v) is 3.46. The third kappa shape index (κ3) is 4.45. The molecule has 0 aliphatic heterocycles. The van der Waals surface area contributed by atoms with Crippen molar-refractivity contribution in [2.24, 2.45) is 0 Å². The Kier molecular flexibility index (Phi) is 4.54. The number of benzene rings is 1. The average Bonchev–Trinajstić information content (AvgIpc) is 2.38. The molecule has 1 N–H and O–H groups in total. The van der Waals surface area contributed by atoms with Crippen molar-refractivity contribution in [1.29, 1.82) is 0 Å². The summed E-state index contributed by atoms with van der Waals surface area (Å²) in [6.45, 7) is 2.58. The smallest absolute Gasteiger partial charge is 0.381 e. The number of aryl methyl sites for hydroxylation is 1. The van der Waals surface area contributed by atoms with Gasteiger partial charge in [0.25, 0.3) is 0 Å². The van der Waals surface area contributed by atoms with Gasteiger partial charge in [-0.25, -0.2) is 0 Å². The SMILES string of the molecule is Cc1ccncc1CNc1ccc(SC(F)(F)F)cc1. The summed E-state index contributed by atoms with van der Waals surface area (Å²) in [6.07, 6.45) is 3.50. The molecule has 2 nitrogen and oxygen atoms in total. The summed E-state index contributed by atoms with van der Waals surface area (Å²) in [5.74, 6) is 0. The van der Waals surface area contributed by atoms with Gasteiger partial charge in [0, 0.05) is 29.5 Å². The van der Waals surface area contributed by atoms with Crippen LogP contribution < -0.4 is 5.32 Å². The van der Waals surface area contributed by atoms with Crippen LogP contribution in [0.4, 0.5) is 18.9 Å². The molecule has 0 atom stereocenters. The summed E-state index contributed by atoms with van der Waals surface area (Å²) < 4.78 is 36.6. The minimum absolute atomic E-state index is 0.111. The van der Waals surface area contributed by atoms with E-state index in [1.807, 2.05) is 13.0 Å². The molecule has 1 heterocycles. The van der Waals surface area contributed by atoms with Gasteiger partial charge in [0.05, 0.1) is 0 Å². The van der Waals surface area contributed by atoms with Crippen LogP contribution in [0.25, 0.3) is 0 Å². The molecule has 1 aromatic heterocycles. The normalized spacial score (nSPS) is 11.4. The molecule has 0 aliphatic rings. The first-order valence-electron chi connectivity index (χ1n) is 5.93. The van der Waals surface area contributed by atoms with E-state index < -0.39 is 5.51 Å². The van der Waals surface area contributed by atoms with Crippen molar-refractivity contribution in [2.75, 3.05) is 5.32 Å². The molecule has 0 saturated heterocycles. The summed E-state index contributed by atoms with van der Waals surface area (Å²) in [6, 6.07) is 8.10. The van der Waals surface area contributed by atoms with Gasteiger partial charge in [-0.15, -0.1) is 0 Å². The third-order valence-electron chi connectivity index (χ3n) is 2.72. The van der Waals surface area contributed by atoms with Crippen LogP contribution in [0.3, 0.4) is 0 Å². The molecule has 2 rings (SSSR count). The Balaban J connectivity index is 1.96. The van der Waals surface area contributed by atoms with Gasteiger partial charge >= 0.3 is 5.51 Å². The fourth-order valence-electron chi connectivity index (χ4n) is 1.65. The van der Waals surface area contributed by atoms with Crippen molar-refractivity contribution in [3.63, 3.8) is 0 Å². The number of anilines is 1. The van der Waals surface area contributed by atoms with E-state index in [0.717, 1.165) is 16.8 Å². The summed E-state index contributed by atoms with van der Waals surface area (Å²) in [5, 5.41) is 3.16. The first-order valence-corrected chi connectivity index (χ1v) is 6.75. The highest BCUT2D eigenvalue weighted by atomic mass is 32.2. The standard InChI is InChI=1S/C14H13F3N2S/c1-10-6-7-18-8-11(10)9-19-12-2-4-13(5-3-12)20-14(15,16)17/h2-8,19H,9H2,1H3. The van der Waals surface area contributed by atoms with Gasteiger partial charge < -0.3 is 5.32 Å². The van der Waals surface area contributed by atoms with Crippen LogP contribution >= 0.6 is 11.8 Å². The van der Waals surface area contributed by atoms with Gasteiger partial charge in [0.2, 0.25) is 0 Å². The van der Waals surface area contributed by atoms with E-state index in [9.17, 15) is 13.2 Å². The second-order valence-electron chi connectivity index (χ2n) is 4.23. The molecular weight excluding hydrogens is 285 g/mol. The lowest BCUT2D eigenvalue weighted by Crippen LogP contribution is -2.02. The zero-order valence-corrected chi connectivity index (χ0v) is 11.6. The molecular formula is C14H13F3N2S. The number of thioether (sulfide) groups is 1. The van der Waals surface area contributed by atoms with E-state index in [4.69, 9.17) is 0 Å². The van der Waals surface area contributed by atoms with E-state index in [-0.39, 0.29) is 16.7 Å². The first-order chi connectivity index (χ1) is 9.44. The van der Waals surface area contributed by atoms with Gasteiger partial charge in [0.15, 0.2) is 0 Å². The average molecular weight is 298 g/mol. The van der Waals surface area contributed by atoms with Crippen molar-refractivity contribution in [3.8, 4) is 0 Å². The Morgan fingerprint density at radius 1 is 1.15 bits per heavy atom. The second kappa shape index (κ2) is 6.17. The number of pyridine rings is 1. The number of aromatic nitrogens is 1. The minimum atomic E-state index is -4.25. The molecule has 0 amide bonds. The van der Waals surface area contributed by atoms with E-state index >= 15 is 0 Å². The predicted octanol–water partition coefficient (Wildman–Crippen LogP) is 4.61. The zero-order valence-electron chi connectivity index (χ0n) is 10.7. The largest absolute Gasteiger partial charge is 0.446 e. The Hall–Kier alpha value is -1.69. The highest BCUT2D eigenvalue weighted by Gasteiger charge is 2.28. The van der Waals surface area contributed by atoms with Gasteiger partial charge in [0.1, 0.15) is 0 Å². The van der Waals surface area contributed by atoms with Crippen LogP contribution in [0.2, 0.25) is 0 Å². The van der Waals surface area contributed by atoms with Gasteiger partial charge in [-0.3, -0.25) is 4.98 Å². The van der Waals surface area contributed by atoms with E-state index in [1.54, 1.807) is 24.5 Å². The summed E-state index contributed by atoms with van der Waals surface area (Å²) in [7, 11) is 0. The van der Waals surface area contributed by atoms with Crippen molar-refractivity contribution < 1.29 is 13.2 Å². The maximum Gasteiger partial charge on any atom is 0.446 e. The number of hydrogen-bond donors (Lipinski definition) is 1. The van der Waals surface area contributed by atoms with E-state index in [0.29, 0.717) is 6.54 Å². The summed E-state index contributed by atoms with van der Waals surface area (Å²) in [4.78, 5) is 4.22. The number of hydrogen-bond acceptors (Lipinski definition) is 3. The first kappa shape index (κ1) is 14.7. The Bertz CT molecular complexity index is 567. The lowest BCUT2D eigenvalue weighted by Gasteiger charge is -2.10. The molecule has 0 saturated carbocycles. The van der Waals surface area contributed by atoms with Crippen molar-refractivity contribution >= 4 is 17.4 Å². The Morgan fingerprint density at radius 2 is 1.85 bits per heavy atom. The number of nitrogens with zero attached hydrogens (tertiary/aromatic N) is 1. The molecule has 20 heavy (non-hydrogen) atoms. The highest BCUT2D eigenvalue weighted by molar-refractivity contribution is 8.00. The van der Waals surface area contributed by atoms with Crippen LogP contribution in [0, 0.1) is 6.92 Å². The van der Waals surface area contributed by atoms with Gasteiger partial charge in [-0.05, 0) is 60.1 Å². The molecule has 0 unspecified atom stereocenters. The van der Waals surface area contributed by atoms with Crippen molar-refractivity contribution in [3.05, 3.63) is 53.9 Å². The van der Waals surface area contributed by atoms with Crippen LogP contribution in [0.15, 0.2) is 47.6 Å². The molecule has 2 aromatic rings. The van der Waals surface area contributed by atoms with Crippen molar-refractivity contribution in [1.82, 2.24) is 4.98 Å². The van der Waals surface area contributed by atoms with E-state index in [2.05, 4.69) is 10.3 Å². The predicted molar refractivity (Wildman–Crippen MR) is 74.7 cm³/mol. The lowest BCUT2D eigenvalue weighted by atomic mass is 10.1. The van der Waals surface area contributed by atoms with Crippen LogP contribution in [-0.2, 0) is 6.54 Å². The van der Waals surface area contributed by atoms with Gasteiger partial charge in [-0.1, -0.05) is 0 Å². The van der Waals surface area contributed by atoms with Crippen LogP contribution in [-0.4, -0.2) is 10.5 Å². The zero-order chi connectivity index (χ0) is 14.6. The Labute approximate surface area is 119 Å². The van der Waals surface area contributed by atoms with Gasteiger partial charge in [-0.2, -0.15) is 13.2 Å². The molecule has 106 valence electrons. The molecule has 0 aliphatic carbocycles. The number of nitrogens with one attached hydrogen (secondary N) is 1. The maximum atomic E-state index is 12.2. The highest BCUT2D eigenvalue weighted by Crippen LogP contribution is 2.37. The fourth-order valence-corrected chi connectivity index (χ4v) is 2.19. The lowest BCUT2D eigenvalue weighted by molar-refractivity contribution is -0.0328. The summed E-state index contributed by atoms with van der Waals surface area (Å²) in [5.41, 5.74) is -1.29. The molecule has 1 aromatic carbocycles. The minimum Gasteiger partial charge on any atom is -0.381 e. The molecule has 0 bridgehead atoms. The van der Waals surface area contributed by atoms with Crippen LogP contribution in [0.1, 0.15) is 11.1 Å². The monoisotopic (exact) mass is 298 g/mol. The fraction of sp³-hybridized carbons (Fsp3) is 0.214.